The van der Waals surface area contributed by atoms with Crippen LogP contribution in [0.2, 0.25) is 0 Å². The number of allylic oxidation sites excluding steroid dienone is 2. The second kappa shape index (κ2) is 7.91. The van der Waals surface area contributed by atoms with Crippen molar-refractivity contribution in [3.63, 3.8) is 0 Å². The number of rotatable bonds is 6. The summed E-state index contributed by atoms with van der Waals surface area (Å²) in [6.45, 7) is 7.48. The van der Waals surface area contributed by atoms with Gasteiger partial charge in [-0.1, -0.05) is 17.7 Å². The van der Waals surface area contributed by atoms with Crippen molar-refractivity contribution in [3.05, 3.63) is 35.4 Å². The monoisotopic (exact) mass is 345 g/mol. The molecule has 0 spiro atoms. The van der Waals surface area contributed by atoms with Gasteiger partial charge in [0.25, 0.3) is 0 Å². The molecule has 0 aliphatic carbocycles. The summed E-state index contributed by atoms with van der Waals surface area (Å²) >= 11 is 0. The number of nitrogens with one attached hydrogen (secondary N) is 1. The summed E-state index contributed by atoms with van der Waals surface area (Å²) in [6.07, 6.45) is 4.11. The predicted molar refractivity (Wildman–Crippen MR) is 95.9 cm³/mol. The molecule has 5 heteroatoms. The molecule has 1 fully saturated rings. The van der Waals surface area contributed by atoms with Crippen LogP contribution in [0.4, 0.5) is 0 Å². The fourth-order valence-corrected chi connectivity index (χ4v) is 3.68. The highest BCUT2D eigenvalue weighted by Crippen LogP contribution is 2.40. The van der Waals surface area contributed by atoms with Crippen molar-refractivity contribution in [3.8, 4) is 11.5 Å². The maximum Gasteiger partial charge on any atom is 0.311 e. The Morgan fingerprint density at radius 3 is 2.88 bits per heavy atom. The zero-order valence-electron chi connectivity index (χ0n) is 15.2. The van der Waals surface area contributed by atoms with Gasteiger partial charge in [0, 0.05) is 18.5 Å². The van der Waals surface area contributed by atoms with Gasteiger partial charge in [0.1, 0.15) is 0 Å². The van der Waals surface area contributed by atoms with E-state index in [1.54, 1.807) is 0 Å². The van der Waals surface area contributed by atoms with E-state index < -0.39 is 0 Å². The Hall–Kier alpha value is -2.01. The molecule has 2 heterocycles. The van der Waals surface area contributed by atoms with Crippen molar-refractivity contribution in [1.82, 2.24) is 5.32 Å². The van der Waals surface area contributed by atoms with Gasteiger partial charge in [-0.2, -0.15) is 0 Å². The van der Waals surface area contributed by atoms with Crippen LogP contribution in [0.1, 0.15) is 45.1 Å². The van der Waals surface area contributed by atoms with Crippen LogP contribution in [0, 0.1) is 5.92 Å². The Morgan fingerprint density at radius 2 is 2.12 bits per heavy atom. The highest BCUT2D eigenvalue weighted by Gasteiger charge is 2.42. The van der Waals surface area contributed by atoms with Crippen molar-refractivity contribution in [1.29, 1.82) is 0 Å². The van der Waals surface area contributed by atoms with Gasteiger partial charge in [0.15, 0.2) is 11.5 Å². The topological polar surface area (TPSA) is 56.8 Å². The zero-order valence-corrected chi connectivity index (χ0v) is 15.2. The van der Waals surface area contributed by atoms with Crippen LogP contribution in [0.5, 0.6) is 11.5 Å². The maximum atomic E-state index is 12.6. The van der Waals surface area contributed by atoms with Gasteiger partial charge < -0.3 is 19.5 Å². The summed E-state index contributed by atoms with van der Waals surface area (Å²) in [5.41, 5.74) is 2.40. The van der Waals surface area contributed by atoms with E-state index in [1.165, 1.54) is 5.57 Å². The molecule has 0 unspecified atom stereocenters. The van der Waals surface area contributed by atoms with Crippen LogP contribution in [-0.4, -0.2) is 32.0 Å². The molecule has 1 aromatic carbocycles. The normalized spacial score (nSPS) is 24.2. The SMILES string of the molecule is CCOC(=O)[C@H]1[C@H](CCC=C(C)C)NC[C@@H]1c1ccc2c(c1)OCO2. The molecule has 0 radical (unpaired) electrons. The number of esters is 1. The van der Waals surface area contributed by atoms with Gasteiger partial charge in [-0.25, -0.2) is 0 Å². The molecule has 3 atom stereocenters. The Morgan fingerprint density at radius 1 is 1.32 bits per heavy atom. The molecule has 2 aliphatic rings. The Labute approximate surface area is 149 Å². The van der Waals surface area contributed by atoms with E-state index in [9.17, 15) is 4.79 Å². The first kappa shape index (κ1) is 17.8. The Kier molecular flexibility index (Phi) is 5.63. The minimum absolute atomic E-state index is 0.0882. The molecule has 1 aromatic rings. The Balaban J connectivity index is 1.79. The van der Waals surface area contributed by atoms with E-state index in [0.29, 0.717) is 6.61 Å². The van der Waals surface area contributed by atoms with Crippen LogP contribution >= 0.6 is 0 Å². The van der Waals surface area contributed by atoms with Crippen molar-refractivity contribution in [2.45, 2.75) is 45.6 Å². The van der Waals surface area contributed by atoms with E-state index in [1.807, 2.05) is 25.1 Å². The lowest BCUT2D eigenvalue weighted by Crippen LogP contribution is -2.33. The van der Waals surface area contributed by atoms with Crippen LogP contribution < -0.4 is 14.8 Å². The summed E-state index contributed by atoms with van der Waals surface area (Å²) in [4.78, 5) is 12.6. The summed E-state index contributed by atoms with van der Waals surface area (Å²) in [7, 11) is 0. The highest BCUT2D eigenvalue weighted by molar-refractivity contribution is 5.75. The van der Waals surface area contributed by atoms with Gasteiger partial charge in [-0.3, -0.25) is 4.79 Å². The number of ether oxygens (including phenoxy) is 3. The third-order valence-electron chi connectivity index (χ3n) is 4.88. The van der Waals surface area contributed by atoms with Gasteiger partial charge in [-0.15, -0.1) is 0 Å². The first-order valence-corrected chi connectivity index (χ1v) is 9.03. The number of carbonyl (C=O) groups excluding carboxylic acids is 1. The third kappa shape index (κ3) is 3.98. The molecule has 3 rings (SSSR count). The minimum atomic E-state index is -0.175. The average molecular weight is 345 g/mol. The first-order valence-electron chi connectivity index (χ1n) is 9.03. The van der Waals surface area contributed by atoms with Crippen LogP contribution in [0.15, 0.2) is 29.8 Å². The van der Waals surface area contributed by atoms with Crippen LogP contribution in [0.25, 0.3) is 0 Å². The van der Waals surface area contributed by atoms with Crippen LogP contribution in [0.3, 0.4) is 0 Å². The van der Waals surface area contributed by atoms with E-state index in [0.717, 1.165) is 36.4 Å². The van der Waals surface area contributed by atoms with E-state index in [2.05, 4.69) is 25.2 Å². The number of carbonyl (C=O) groups is 1. The zero-order chi connectivity index (χ0) is 17.8. The summed E-state index contributed by atoms with van der Waals surface area (Å²) in [5, 5.41) is 3.53. The minimum Gasteiger partial charge on any atom is -0.466 e. The average Bonchev–Trinajstić information content (AvgIpc) is 3.20. The van der Waals surface area contributed by atoms with Crippen molar-refractivity contribution in [2.75, 3.05) is 19.9 Å². The van der Waals surface area contributed by atoms with Gasteiger partial charge >= 0.3 is 5.97 Å². The van der Waals surface area contributed by atoms with Gasteiger partial charge in [0.2, 0.25) is 6.79 Å². The molecule has 0 aromatic heterocycles. The number of hydrogen-bond donors (Lipinski definition) is 1. The maximum absolute atomic E-state index is 12.6. The highest BCUT2D eigenvalue weighted by atomic mass is 16.7. The molecule has 1 saturated heterocycles. The Bertz CT molecular complexity index is 651. The molecule has 1 N–H and O–H groups in total. The van der Waals surface area contributed by atoms with Crippen molar-refractivity contribution >= 4 is 5.97 Å². The number of benzene rings is 1. The first-order chi connectivity index (χ1) is 12.1. The molecular formula is C20H27NO4. The largest absolute Gasteiger partial charge is 0.466 e. The lowest BCUT2D eigenvalue weighted by atomic mass is 9.83. The number of fused-ring (bicyclic) bond motifs is 1. The van der Waals surface area contributed by atoms with Crippen LogP contribution in [-0.2, 0) is 9.53 Å². The number of hydrogen-bond acceptors (Lipinski definition) is 5. The standard InChI is InChI=1S/C20H27NO4/c1-4-23-20(22)19-15(11-21-16(19)7-5-6-13(2)3)14-8-9-17-18(10-14)25-12-24-17/h6,8-10,15-16,19,21H,4-5,7,11-12H2,1-3H3/t15-,16+,19-/m1/s1. The second-order valence-corrected chi connectivity index (χ2v) is 6.87. The van der Waals surface area contributed by atoms with Crippen molar-refractivity contribution in [2.24, 2.45) is 5.92 Å². The lowest BCUT2D eigenvalue weighted by molar-refractivity contribution is -0.148. The lowest BCUT2D eigenvalue weighted by Gasteiger charge is -2.22. The fraction of sp³-hybridized carbons (Fsp3) is 0.550. The third-order valence-corrected chi connectivity index (χ3v) is 4.88. The molecule has 136 valence electrons. The van der Waals surface area contributed by atoms with E-state index >= 15 is 0 Å². The van der Waals surface area contributed by atoms with E-state index in [-0.39, 0.29) is 30.6 Å². The molecule has 5 nitrogen and oxygen atoms in total. The smallest absolute Gasteiger partial charge is 0.311 e. The fourth-order valence-electron chi connectivity index (χ4n) is 3.68. The van der Waals surface area contributed by atoms with Gasteiger partial charge in [-0.05, 0) is 51.3 Å². The summed E-state index contributed by atoms with van der Waals surface area (Å²) in [6, 6.07) is 6.09. The second-order valence-electron chi connectivity index (χ2n) is 6.87. The summed E-state index contributed by atoms with van der Waals surface area (Å²) in [5.74, 6) is 1.32. The molecular weight excluding hydrogens is 318 g/mol. The van der Waals surface area contributed by atoms with E-state index in [4.69, 9.17) is 14.2 Å². The van der Waals surface area contributed by atoms with Crippen molar-refractivity contribution < 1.29 is 19.0 Å². The molecule has 0 saturated carbocycles. The van der Waals surface area contributed by atoms with Gasteiger partial charge in [0.05, 0.1) is 12.5 Å². The molecule has 0 bridgehead atoms. The predicted octanol–water partition coefficient (Wildman–Crippen LogP) is 3.40. The molecule has 0 amide bonds. The quantitative estimate of drug-likeness (QED) is 0.633. The summed E-state index contributed by atoms with van der Waals surface area (Å²) < 4.78 is 16.3. The molecule has 2 aliphatic heterocycles. The molecule has 25 heavy (non-hydrogen) atoms.